The Bertz CT molecular complexity index is 358. The maximum atomic E-state index is 10.7. The molecule has 0 aliphatic heterocycles. The van der Waals surface area contributed by atoms with Crippen molar-refractivity contribution >= 4 is 17.3 Å². The molecule has 96 valence electrons. The molecule has 1 unspecified atom stereocenters. The van der Waals surface area contributed by atoms with E-state index < -0.39 is 5.97 Å². The van der Waals surface area contributed by atoms with Crippen molar-refractivity contribution in [3.63, 3.8) is 0 Å². The van der Waals surface area contributed by atoms with E-state index in [0.29, 0.717) is 16.8 Å². The van der Waals surface area contributed by atoms with Gasteiger partial charge in [0.25, 0.3) is 0 Å². The van der Waals surface area contributed by atoms with E-state index >= 15 is 0 Å². The second kappa shape index (κ2) is 6.77. The summed E-state index contributed by atoms with van der Waals surface area (Å²) >= 11 is 1.35. The van der Waals surface area contributed by atoms with E-state index in [1.165, 1.54) is 24.2 Å². The average molecular weight is 255 g/mol. The van der Waals surface area contributed by atoms with Gasteiger partial charge in [-0.15, -0.1) is 11.3 Å². The number of hydrogen-bond donors (Lipinski definition) is 2. The zero-order valence-electron chi connectivity index (χ0n) is 10.7. The van der Waals surface area contributed by atoms with E-state index in [4.69, 9.17) is 5.11 Å². The van der Waals surface area contributed by atoms with Crippen molar-refractivity contribution in [1.82, 2.24) is 5.32 Å². The van der Waals surface area contributed by atoms with Crippen molar-refractivity contribution in [2.24, 2.45) is 5.92 Å². The lowest BCUT2D eigenvalue weighted by molar-refractivity contribution is 0.0702. The smallest absolute Gasteiger partial charge is 0.345 e. The molecule has 0 saturated carbocycles. The fourth-order valence-electron chi connectivity index (χ4n) is 2.01. The van der Waals surface area contributed by atoms with E-state index in [9.17, 15) is 4.79 Å². The number of carboxylic acid groups (broad SMARTS) is 1. The van der Waals surface area contributed by atoms with Crippen LogP contribution in [-0.4, -0.2) is 17.1 Å². The van der Waals surface area contributed by atoms with Crippen molar-refractivity contribution in [3.05, 3.63) is 21.9 Å². The standard InChI is InChI=1S/C13H21NO2S/c1-4-10(5-2)9(3)14-8-11-6-7-12(17-11)13(15)16/h6-7,9-10,14H,4-5,8H2,1-3H3,(H,15,16). The maximum absolute atomic E-state index is 10.7. The van der Waals surface area contributed by atoms with Crippen LogP contribution in [0.25, 0.3) is 0 Å². The Morgan fingerprint density at radius 2 is 2.06 bits per heavy atom. The van der Waals surface area contributed by atoms with E-state index in [1.807, 2.05) is 6.07 Å². The van der Waals surface area contributed by atoms with Crippen molar-refractivity contribution in [3.8, 4) is 0 Å². The highest BCUT2D eigenvalue weighted by Crippen LogP contribution is 2.18. The van der Waals surface area contributed by atoms with E-state index in [2.05, 4.69) is 26.1 Å². The number of carbonyl (C=O) groups is 1. The lowest BCUT2D eigenvalue weighted by Gasteiger charge is -2.22. The molecule has 1 aromatic rings. The lowest BCUT2D eigenvalue weighted by Crippen LogP contribution is -2.32. The first-order chi connectivity index (χ1) is 8.08. The molecule has 0 amide bonds. The molecule has 0 aliphatic carbocycles. The number of rotatable bonds is 7. The van der Waals surface area contributed by atoms with E-state index in [-0.39, 0.29) is 0 Å². The molecule has 0 saturated heterocycles. The summed E-state index contributed by atoms with van der Waals surface area (Å²) in [6.45, 7) is 7.37. The third-order valence-electron chi connectivity index (χ3n) is 3.23. The van der Waals surface area contributed by atoms with Crippen molar-refractivity contribution in [2.45, 2.75) is 46.2 Å². The number of hydrogen-bond acceptors (Lipinski definition) is 3. The first-order valence-corrected chi connectivity index (χ1v) is 6.95. The quantitative estimate of drug-likeness (QED) is 0.785. The molecule has 0 aliphatic rings. The minimum absolute atomic E-state index is 0.414. The van der Waals surface area contributed by atoms with Crippen LogP contribution in [0.2, 0.25) is 0 Å². The monoisotopic (exact) mass is 255 g/mol. The normalized spacial score (nSPS) is 12.9. The number of carboxylic acids is 1. The molecule has 0 aromatic carbocycles. The summed E-state index contributed by atoms with van der Waals surface area (Å²) < 4.78 is 0. The van der Waals surface area contributed by atoms with Crippen LogP contribution in [-0.2, 0) is 6.54 Å². The van der Waals surface area contributed by atoms with Gasteiger partial charge >= 0.3 is 5.97 Å². The van der Waals surface area contributed by atoms with Gasteiger partial charge < -0.3 is 10.4 Å². The Hall–Kier alpha value is -0.870. The molecule has 4 heteroatoms. The second-order valence-corrected chi connectivity index (χ2v) is 5.49. The third kappa shape index (κ3) is 4.13. The highest BCUT2D eigenvalue weighted by molar-refractivity contribution is 7.13. The summed E-state index contributed by atoms with van der Waals surface area (Å²) in [5.41, 5.74) is 0. The van der Waals surface area contributed by atoms with Crippen LogP contribution in [0.5, 0.6) is 0 Å². The van der Waals surface area contributed by atoms with Crippen LogP contribution in [0.3, 0.4) is 0 Å². The molecule has 0 fully saturated rings. The molecule has 3 nitrogen and oxygen atoms in total. The van der Waals surface area contributed by atoms with Gasteiger partial charge in [-0.1, -0.05) is 26.7 Å². The molecular weight excluding hydrogens is 234 g/mol. The first-order valence-electron chi connectivity index (χ1n) is 6.13. The van der Waals surface area contributed by atoms with Gasteiger partial charge in [-0.2, -0.15) is 0 Å². The Morgan fingerprint density at radius 1 is 1.41 bits per heavy atom. The van der Waals surface area contributed by atoms with Crippen LogP contribution in [0.1, 0.15) is 48.2 Å². The lowest BCUT2D eigenvalue weighted by atomic mass is 9.95. The summed E-state index contributed by atoms with van der Waals surface area (Å²) in [6.07, 6.45) is 2.35. The fraction of sp³-hybridized carbons (Fsp3) is 0.615. The topological polar surface area (TPSA) is 49.3 Å². The molecule has 1 heterocycles. The zero-order valence-corrected chi connectivity index (χ0v) is 11.5. The van der Waals surface area contributed by atoms with Crippen LogP contribution < -0.4 is 5.32 Å². The zero-order chi connectivity index (χ0) is 12.8. The third-order valence-corrected chi connectivity index (χ3v) is 4.30. The number of thiophene rings is 1. The average Bonchev–Trinajstić information content (AvgIpc) is 2.76. The van der Waals surface area contributed by atoms with E-state index in [1.54, 1.807) is 6.07 Å². The van der Waals surface area contributed by atoms with Gasteiger partial charge in [-0.3, -0.25) is 0 Å². The Balaban J connectivity index is 2.46. The SMILES string of the molecule is CCC(CC)C(C)NCc1ccc(C(=O)O)s1. The molecule has 2 N–H and O–H groups in total. The van der Waals surface area contributed by atoms with Gasteiger partial charge in [0.15, 0.2) is 0 Å². The minimum atomic E-state index is -0.839. The largest absolute Gasteiger partial charge is 0.477 e. The number of aromatic carboxylic acids is 1. The maximum Gasteiger partial charge on any atom is 0.345 e. The van der Waals surface area contributed by atoms with Gasteiger partial charge in [-0.05, 0) is 25.0 Å². The van der Waals surface area contributed by atoms with Crippen LogP contribution in [0.15, 0.2) is 12.1 Å². The molecule has 1 atom stereocenters. The van der Waals surface area contributed by atoms with Crippen LogP contribution in [0.4, 0.5) is 0 Å². The first kappa shape index (κ1) is 14.2. The van der Waals surface area contributed by atoms with Crippen molar-refractivity contribution in [1.29, 1.82) is 0 Å². The summed E-state index contributed by atoms with van der Waals surface area (Å²) in [4.78, 5) is 12.2. The molecule has 1 aromatic heterocycles. The Kier molecular flexibility index (Phi) is 5.65. The van der Waals surface area contributed by atoms with Crippen LogP contribution in [0, 0.1) is 5.92 Å². The molecule has 0 spiro atoms. The molecule has 0 bridgehead atoms. The van der Waals surface area contributed by atoms with Crippen LogP contribution >= 0.6 is 11.3 Å². The highest BCUT2D eigenvalue weighted by Gasteiger charge is 2.13. The van der Waals surface area contributed by atoms with E-state index in [0.717, 1.165) is 11.4 Å². The Morgan fingerprint density at radius 3 is 2.53 bits per heavy atom. The van der Waals surface area contributed by atoms with Crippen molar-refractivity contribution in [2.75, 3.05) is 0 Å². The van der Waals surface area contributed by atoms with Gasteiger partial charge in [0, 0.05) is 17.5 Å². The minimum Gasteiger partial charge on any atom is -0.477 e. The highest BCUT2D eigenvalue weighted by atomic mass is 32.1. The molecule has 0 radical (unpaired) electrons. The predicted molar refractivity (Wildman–Crippen MR) is 71.7 cm³/mol. The summed E-state index contributed by atoms with van der Waals surface area (Å²) in [6, 6.07) is 4.03. The predicted octanol–water partition coefficient (Wildman–Crippen LogP) is 3.36. The number of nitrogens with one attached hydrogen (secondary N) is 1. The molecular formula is C13H21NO2S. The summed E-state index contributed by atoms with van der Waals surface area (Å²) in [7, 11) is 0. The van der Waals surface area contributed by atoms with Gasteiger partial charge in [0.1, 0.15) is 4.88 Å². The summed E-state index contributed by atoms with van der Waals surface area (Å²) in [5.74, 6) is -0.150. The second-order valence-electron chi connectivity index (χ2n) is 4.32. The van der Waals surface area contributed by atoms with Gasteiger partial charge in [0.2, 0.25) is 0 Å². The fourth-order valence-corrected chi connectivity index (χ4v) is 2.81. The van der Waals surface area contributed by atoms with Crippen molar-refractivity contribution < 1.29 is 9.90 Å². The molecule has 17 heavy (non-hydrogen) atoms. The molecule has 1 rings (SSSR count). The Labute approximate surface area is 107 Å². The van der Waals surface area contributed by atoms with Gasteiger partial charge in [-0.25, -0.2) is 4.79 Å². The summed E-state index contributed by atoms with van der Waals surface area (Å²) in [5, 5.41) is 12.3. The van der Waals surface area contributed by atoms with Gasteiger partial charge in [0.05, 0.1) is 0 Å².